The number of aromatic carboxylic acids is 1. The molecule has 0 aliphatic heterocycles. The summed E-state index contributed by atoms with van der Waals surface area (Å²) in [6.45, 7) is 0.385. The van der Waals surface area contributed by atoms with E-state index in [-0.39, 0.29) is 22.3 Å². The highest BCUT2D eigenvalue weighted by atomic mass is 35.5. The van der Waals surface area contributed by atoms with Crippen molar-refractivity contribution >= 4 is 23.5 Å². The molecule has 0 unspecified atom stereocenters. The summed E-state index contributed by atoms with van der Waals surface area (Å²) in [5, 5.41) is 11.9. The molecule has 1 aromatic heterocycles. The second-order valence-electron chi connectivity index (χ2n) is 4.36. The molecule has 0 saturated carbocycles. The van der Waals surface area contributed by atoms with Crippen LogP contribution in [0.3, 0.4) is 0 Å². The van der Waals surface area contributed by atoms with Crippen molar-refractivity contribution in [1.82, 2.24) is 10.3 Å². The van der Waals surface area contributed by atoms with Crippen molar-refractivity contribution in [2.45, 2.75) is 6.42 Å². The first-order valence-corrected chi connectivity index (χ1v) is 6.67. The average molecular weight is 305 g/mol. The Labute approximate surface area is 126 Å². The molecule has 2 N–H and O–H groups in total. The highest BCUT2D eigenvalue weighted by Crippen LogP contribution is 2.07. The predicted molar refractivity (Wildman–Crippen MR) is 78.7 cm³/mol. The van der Waals surface area contributed by atoms with Crippen LogP contribution < -0.4 is 5.32 Å². The minimum atomic E-state index is -0.969. The molecule has 2 aromatic rings. The van der Waals surface area contributed by atoms with Crippen LogP contribution in [0.5, 0.6) is 0 Å². The smallest absolute Gasteiger partial charge is 0.335 e. The standard InChI is InChI=1S/C15H13ClN2O3/c16-13-6-2-5-12(18-13)14(19)17-8-7-10-3-1-4-11(9-10)15(20)21/h1-6,9H,7-8H2,(H,17,19)(H,20,21). The number of nitrogens with zero attached hydrogens (tertiary/aromatic N) is 1. The van der Waals surface area contributed by atoms with Crippen molar-refractivity contribution in [3.8, 4) is 0 Å². The lowest BCUT2D eigenvalue weighted by molar-refractivity contribution is 0.0696. The summed E-state index contributed by atoms with van der Waals surface area (Å²) < 4.78 is 0. The number of rotatable bonds is 5. The van der Waals surface area contributed by atoms with Gasteiger partial charge in [-0.1, -0.05) is 29.8 Å². The second kappa shape index (κ2) is 6.85. The minimum absolute atomic E-state index is 0.232. The van der Waals surface area contributed by atoms with Gasteiger partial charge in [0.05, 0.1) is 5.56 Å². The van der Waals surface area contributed by atoms with Gasteiger partial charge < -0.3 is 10.4 Å². The summed E-state index contributed by atoms with van der Waals surface area (Å²) >= 11 is 5.72. The second-order valence-corrected chi connectivity index (χ2v) is 4.74. The lowest BCUT2D eigenvalue weighted by Gasteiger charge is -2.06. The number of nitrogens with one attached hydrogen (secondary N) is 1. The lowest BCUT2D eigenvalue weighted by Crippen LogP contribution is -2.26. The molecule has 0 bridgehead atoms. The third kappa shape index (κ3) is 4.29. The normalized spacial score (nSPS) is 10.1. The number of carboxylic acids is 1. The molecule has 0 spiro atoms. The van der Waals surface area contributed by atoms with E-state index in [0.717, 1.165) is 5.56 Å². The number of amides is 1. The number of aromatic nitrogens is 1. The van der Waals surface area contributed by atoms with Gasteiger partial charge in [-0.3, -0.25) is 4.79 Å². The maximum Gasteiger partial charge on any atom is 0.335 e. The molecule has 1 amide bonds. The van der Waals surface area contributed by atoms with Gasteiger partial charge in [-0.2, -0.15) is 0 Å². The fourth-order valence-corrected chi connectivity index (χ4v) is 1.97. The van der Waals surface area contributed by atoms with Gasteiger partial charge in [0.25, 0.3) is 5.91 Å². The molecular weight excluding hydrogens is 292 g/mol. The van der Waals surface area contributed by atoms with E-state index < -0.39 is 5.97 Å². The third-order valence-corrected chi connectivity index (χ3v) is 3.03. The molecule has 0 fully saturated rings. The van der Waals surface area contributed by atoms with E-state index in [2.05, 4.69) is 10.3 Å². The van der Waals surface area contributed by atoms with Gasteiger partial charge in [-0.15, -0.1) is 0 Å². The third-order valence-electron chi connectivity index (χ3n) is 2.82. The molecule has 21 heavy (non-hydrogen) atoms. The van der Waals surface area contributed by atoms with Crippen LogP contribution in [0.4, 0.5) is 0 Å². The van der Waals surface area contributed by atoms with E-state index in [4.69, 9.17) is 16.7 Å². The van der Waals surface area contributed by atoms with Crippen LogP contribution in [0, 0.1) is 0 Å². The van der Waals surface area contributed by atoms with Crippen LogP contribution in [0.2, 0.25) is 5.15 Å². The maximum absolute atomic E-state index is 11.8. The number of hydrogen-bond donors (Lipinski definition) is 2. The highest BCUT2D eigenvalue weighted by Gasteiger charge is 2.07. The largest absolute Gasteiger partial charge is 0.478 e. The molecule has 2 rings (SSSR count). The van der Waals surface area contributed by atoms with E-state index >= 15 is 0 Å². The molecule has 0 saturated heterocycles. The fourth-order valence-electron chi connectivity index (χ4n) is 1.81. The van der Waals surface area contributed by atoms with Crippen molar-refractivity contribution in [2.75, 3.05) is 6.54 Å². The quantitative estimate of drug-likeness (QED) is 0.831. The Morgan fingerprint density at radius 2 is 1.95 bits per heavy atom. The van der Waals surface area contributed by atoms with Crippen molar-refractivity contribution in [1.29, 1.82) is 0 Å². The summed E-state index contributed by atoms with van der Waals surface area (Å²) in [5.74, 6) is -1.28. The fraction of sp³-hybridized carbons (Fsp3) is 0.133. The number of halogens is 1. The molecule has 1 heterocycles. The van der Waals surface area contributed by atoms with Gasteiger partial charge in [0.15, 0.2) is 0 Å². The molecular formula is C15H13ClN2O3. The summed E-state index contributed by atoms with van der Waals surface area (Å²) in [5.41, 5.74) is 1.33. The first-order chi connectivity index (χ1) is 10.1. The zero-order valence-corrected chi connectivity index (χ0v) is 11.8. The Morgan fingerprint density at radius 1 is 1.19 bits per heavy atom. The maximum atomic E-state index is 11.8. The number of benzene rings is 1. The zero-order chi connectivity index (χ0) is 15.2. The summed E-state index contributed by atoms with van der Waals surface area (Å²) in [6, 6.07) is 11.4. The molecule has 0 radical (unpaired) electrons. The van der Waals surface area contributed by atoms with Crippen LogP contribution in [0.15, 0.2) is 42.5 Å². The van der Waals surface area contributed by atoms with Crippen LogP contribution in [-0.2, 0) is 6.42 Å². The van der Waals surface area contributed by atoms with E-state index in [1.165, 1.54) is 6.07 Å². The van der Waals surface area contributed by atoms with Gasteiger partial charge in [0.1, 0.15) is 10.8 Å². The Morgan fingerprint density at radius 3 is 2.67 bits per heavy atom. The van der Waals surface area contributed by atoms with E-state index in [1.54, 1.807) is 30.3 Å². The minimum Gasteiger partial charge on any atom is -0.478 e. The SMILES string of the molecule is O=C(O)c1cccc(CCNC(=O)c2cccc(Cl)n2)c1. The van der Waals surface area contributed by atoms with Crippen molar-refractivity contribution in [2.24, 2.45) is 0 Å². The van der Waals surface area contributed by atoms with E-state index in [9.17, 15) is 9.59 Å². The molecule has 0 aliphatic carbocycles. The Balaban J connectivity index is 1.91. The highest BCUT2D eigenvalue weighted by molar-refractivity contribution is 6.29. The first-order valence-electron chi connectivity index (χ1n) is 6.29. The van der Waals surface area contributed by atoms with Gasteiger partial charge in [0, 0.05) is 6.54 Å². The molecule has 0 atom stereocenters. The number of hydrogen-bond acceptors (Lipinski definition) is 3. The molecule has 5 nitrogen and oxygen atoms in total. The van der Waals surface area contributed by atoms with Crippen LogP contribution in [0.1, 0.15) is 26.4 Å². The Hall–Kier alpha value is -2.40. The van der Waals surface area contributed by atoms with Crippen LogP contribution >= 0.6 is 11.6 Å². The van der Waals surface area contributed by atoms with E-state index in [0.29, 0.717) is 13.0 Å². The Bertz CT molecular complexity index is 673. The lowest BCUT2D eigenvalue weighted by atomic mass is 10.1. The van der Waals surface area contributed by atoms with Crippen molar-refractivity contribution in [3.05, 3.63) is 64.4 Å². The molecule has 0 aliphatic rings. The summed E-state index contributed by atoms with van der Waals surface area (Å²) in [4.78, 5) is 26.6. The van der Waals surface area contributed by atoms with Gasteiger partial charge in [0.2, 0.25) is 0 Å². The number of carbonyl (C=O) groups excluding carboxylic acids is 1. The zero-order valence-electron chi connectivity index (χ0n) is 11.0. The predicted octanol–water partition coefficient (Wildman–Crippen LogP) is 2.41. The summed E-state index contributed by atoms with van der Waals surface area (Å²) in [7, 11) is 0. The Kier molecular flexibility index (Phi) is 4.90. The number of carbonyl (C=O) groups is 2. The van der Waals surface area contributed by atoms with Gasteiger partial charge in [-0.25, -0.2) is 9.78 Å². The topological polar surface area (TPSA) is 79.3 Å². The van der Waals surface area contributed by atoms with Crippen molar-refractivity contribution < 1.29 is 14.7 Å². The first kappa shape index (κ1) is 15.0. The monoisotopic (exact) mass is 304 g/mol. The van der Waals surface area contributed by atoms with Gasteiger partial charge >= 0.3 is 5.97 Å². The van der Waals surface area contributed by atoms with Crippen LogP contribution in [0.25, 0.3) is 0 Å². The number of carboxylic acid groups (broad SMARTS) is 1. The van der Waals surface area contributed by atoms with E-state index in [1.807, 2.05) is 6.07 Å². The summed E-state index contributed by atoms with van der Waals surface area (Å²) in [6.07, 6.45) is 0.535. The van der Waals surface area contributed by atoms with Gasteiger partial charge in [-0.05, 0) is 36.2 Å². The van der Waals surface area contributed by atoms with Crippen molar-refractivity contribution in [3.63, 3.8) is 0 Å². The average Bonchev–Trinajstić information content (AvgIpc) is 2.47. The number of pyridine rings is 1. The molecule has 6 heteroatoms. The van der Waals surface area contributed by atoms with Crippen LogP contribution in [-0.4, -0.2) is 28.5 Å². The molecule has 1 aromatic carbocycles. The molecule has 108 valence electrons.